The van der Waals surface area contributed by atoms with E-state index in [1.54, 1.807) is 18.2 Å². The fourth-order valence-corrected chi connectivity index (χ4v) is 1.02. The molecule has 0 saturated heterocycles. The quantitative estimate of drug-likeness (QED) is 0.699. The van der Waals surface area contributed by atoms with Gasteiger partial charge in [0, 0.05) is 12.1 Å². The number of carbonyl (C=O) groups excluding carboxylic acids is 1. The predicted octanol–water partition coefficient (Wildman–Crippen LogP) is 2.02. The minimum Gasteiger partial charge on any atom is -0.352 e. The zero-order valence-corrected chi connectivity index (χ0v) is 7.84. The normalized spacial score (nSPS) is 9.62. The molecule has 2 heteroatoms. The first kappa shape index (κ1) is 9.78. The molecule has 0 heterocycles. The SMILES string of the molecule is CCCCNC(=O)c1c[c]ccc1. The molecule has 0 saturated carbocycles. The summed E-state index contributed by atoms with van der Waals surface area (Å²) in [5.41, 5.74) is 0.679. The van der Waals surface area contributed by atoms with Gasteiger partial charge in [-0.1, -0.05) is 25.5 Å². The second-order valence-corrected chi connectivity index (χ2v) is 2.90. The summed E-state index contributed by atoms with van der Waals surface area (Å²) in [5, 5.41) is 2.84. The summed E-state index contributed by atoms with van der Waals surface area (Å²) in [4.78, 5) is 11.4. The molecule has 1 rings (SSSR count). The monoisotopic (exact) mass is 176 g/mol. The van der Waals surface area contributed by atoms with Crippen molar-refractivity contribution < 1.29 is 4.79 Å². The topological polar surface area (TPSA) is 29.1 Å². The van der Waals surface area contributed by atoms with E-state index in [9.17, 15) is 4.79 Å². The summed E-state index contributed by atoms with van der Waals surface area (Å²) >= 11 is 0. The Morgan fingerprint density at radius 1 is 1.62 bits per heavy atom. The van der Waals surface area contributed by atoms with E-state index < -0.39 is 0 Å². The van der Waals surface area contributed by atoms with Gasteiger partial charge in [-0.25, -0.2) is 0 Å². The third kappa shape index (κ3) is 3.28. The first-order valence-electron chi connectivity index (χ1n) is 4.59. The van der Waals surface area contributed by atoms with E-state index in [2.05, 4.69) is 18.3 Å². The van der Waals surface area contributed by atoms with E-state index in [1.807, 2.05) is 6.07 Å². The molecule has 0 spiro atoms. The van der Waals surface area contributed by atoms with Crippen LogP contribution in [0.1, 0.15) is 30.1 Å². The molecule has 0 aliphatic rings. The highest BCUT2D eigenvalue weighted by atomic mass is 16.1. The molecule has 0 atom stereocenters. The van der Waals surface area contributed by atoms with E-state index in [4.69, 9.17) is 0 Å². The minimum absolute atomic E-state index is 0.00898. The molecule has 1 radical (unpaired) electrons. The lowest BCUT2D eigenvalue weighted by Gasteiger charge is -2.02. The van der Waals surface area contributed by atoms with Crippen molar-refractivity contribution in [3.63, 3.8) is 0 Å². The van der Waals surface area contributed by atoms with Gasteiger partial charge in [0.1, 0.15) is 0 Å². The Hall–Kier alpha value is -1.31. The van der Waals surface area contributed by atoms with Gasteiger partial charge in [0.25, 0.3) is 5.91 Å². The second kappa shape index (κ2) is 5.36. The van der Waals surface area contributed by atoms with Gasteiger partial charge >= 0.3 is 0 Å². The Bertz CT molecular complexity index is 256. The van der Waals surface area contributed by atoms with Gasteiger partial charge in [-0.2, -0.15) is 0 Å². The summed E-state index contributed by atoms with van der Waals surface area (Å²) in [6.07, 6.45) is 2.13. The van der Waals surface area contributed by atoms with E-state index in [-0.39, 0.29) is 5.91 Å². The van der Waals surface area contributed by atoms with Crippen LogP contribution in [0.25, 0.3) is 0 Å². The van der Waals surface area contributed by atoms with Gasteiger partial charge in [-0.3, -0.25) is 4.79 Å². The first-order chi connectivity index (χ1) is 6.34. The molecule has 2 nitrogen and oxygen atoms in total. The summed E-state index contributed by atoms with van der Waals surface area (Å²) in [6.45, 7) is 2.85. The zero-order valence-electron chi connectivity index (χ0n) is 7.84. The van der Waals surface area contributed by atoms with Crippen LogP contribution >= 0.6 is 0 Å². The van der Waals surface area contributed by atoms with Crippen LogP contribution < -0.4 is 5.32 Å². The molecule has 1 aromatic rings. The van der Waals surface area contributed by atoms with Crippen LogP contribution in [0, 0.1) is 6.07 Å². The Kier molecular flexibility index (Phi) is 4.03. The fourth-order valence-electron chi connectivity index (χ4n) is 1.02. The van der Waals surface area contributed by atoms with Crippen molar-refractivity contribution in [1.29, 1.82) is 0 Å². The molecule has 0 aromatic heterocycles. The molecule has 13 heavy (non-hydrogen) atoms. The van der Waals surface area contributed by atoms with Crippen molar-refractivity contribution in [2.75, 3.05) is 6.54 Å². The van der Waals surface area contributed by atoms with Crippen LogP contribution in [0.3, 0.4) is 0 Å². The largest absolute Gasteiger partial charge is 0.352 e. The third-order valence-electron chi connectivity index (χ3n) is 1.79. The van der Waals surface area contributed by atoms with Gasteiger partial charge < -0.3 is 5.32 Å². The van der Waals surface area contributed by atoms with Gasteiger partial charge in [0.2, 0.25) is 0 Å². The van der Waals surface area contributed by atoms with Crippen molar-refractivity contribution in [3.8, 4) is 0 Å². The Balaban J connectivity index is 2.40. The van der Waals surface area contributed by atoms with Crippen LogP contribution in [-0.4, -0.2) is 12.5 Å². The predicted molar refractivity (Wildman–Crippen MR) is 52.5 cm³/mol. The molecule has 1 aromatic carbocycles. The molecule has 0 aliphatic heterocycles. The van der Waals surface area contributed by atoms with Gasteiger partial charge in [-0.15, -0.1) is 0 Å². The minimum atomic E-state index is -0.00898. The van der Waals surface area contributed by atoms with Crippen LogP contribution in [-0.2, 0) is 0 Å². The number of carbonyl (C=O) groups is 1. The highest BCUT2D eigenvalue weighted by Crippen LogP contribution is 1.97. The number of hydrogen-bond acceptors (Lipinski definition) is 1. The van der Waals surface area contributed by atoms with Crippen molar-refractivity contribution in [2.45, 2.75) is 19.8 Å². The van der Waals surface area contributed by atoms with Crippen LogP contribution in [0.15, 0.2) is 24.3 Å². The summed E-state index contributed by atoms with van der Waals surface area (Å²) in [6, 6.07) is 9.95. The maximum Gasteiger partial charge on any atom is 0.251 e. The Labute approximate surface area is 79.0 Å². The zero-order chi connectivity index (χ0) is 9.52. The third-order valence-corrected chi connectivity index (χ3v) is 1.79. The Morgan fingerprint density at radius 2 is 2.46 bits per heavy atom. The number of amides is 1. The lowest BCUT2D eigenvalue weighted by Crippen LogP contribution is -2.24. The highest BCUT2D eigenvalue weighted by molar-refractivity contribution is 5.93. The standard InChI is InChI=1S/C11H14NO/c1-2-3-9-12-11(13)10-7-5-4-6-8-10/h4-5,7-8H,2-3,9H2,1H3,(H,12,13). The number of unbranched alkanes of at least 4 members (excludes halogenated alkanes) is 1. The van der Waals surface area contributed by atoms with Crippen LogP contribution in [0.2, 0.25) is 0 Å². The molecular weight excluding hydrogens is 162 g/mol. The van der Waals surface area contributed by atoms with Crippen LogP contribution in [0.4, 0.5) is 0 Å². The number of hydrogen-bond donors (Lipinski definition) is 1. The molecule has 0 unspecified atom stereocenters. The molecule has 69 valence electrons. The molecule has 0 aliphatic carbocycles. The number of benzene rings is 1. The second-order valence-electron chi connectivity index (χ2n) is 2.90. The van der Waals surface area contributed by atoms with E-state index in [0.29, 0.717) is 5.56 Å². The van der Waals surface area contributed by atoms with Crippen molar-refractivity contribution in [1.82, 2.24) is 5.32 Å². The smallest absolute Gasteiger partial charge is 0.251 e. The fraction of sp³-hybridized carbons (Fsp3) is 0.364. The van der Waals surface area contributed by atoms with E-state index in [0.717, 1.165) is 19.4 Å². The van der Waals surface area contributed by atoms with E-state index >= 15 is 0 Å². The maximum absolute atomic E-state index is 11.4. The number of nitrogens with one attached hydrogen (secondary N) is 1. The lowest BCUT2D eigenvalue weighted by atomic mass is 10.2. The van der Waals surface area contributed by atoms with Crippen molar-refractivity contribution in [3.05, 3.63) is 35.9 Å². The van der Waals surface area contributed by atoms with Crippen molar-refractivity contribution in [2.24, 2.45) is 0 Å². The van der Waals surface area contributed by atoms with Crippen molar-refractivity contribution >= 4 is 5.91 Å². The van der Waals surface area contributed by atoms with E-state index in [1.165, 1.54) is 0 Å². The lowest BCUT2D eigenvalue weighted by molar-refractivity contribution is 0.0953. The van der Waals surface area contributed by atoms with Gasteiger partial charge in [0.05, 0.1) is 0 Å². The first-order valence-corrected chi connectivity index (χ1v) is 4.59. The molecular formula is C11H14NO. The average molecular weight is 176 g/mol. The molecule has 1 amide bonds. The molecule has 1 N–H and O–H groups in total. The molecule has 0 fully saturated rings. The summed E-state index contributed by atoms with van der Waals surface area (Å²) < 4.78 is 0. The Morgan fingerprint density at radius 3 is 3.08 bits per heavy atom. The van der Waals surface area contributed by atoms with Gasteiger partial charge in [0.15, 0.2) is 0 Å². The average Bonchev–Trinajstić information content (AvgIpc) is 2.19. The maximum atomic E-state index is 11.4. The summed E-state index contributed by atoms with van der Waals surface area (Å²) in [5.74, 6) is -0.00898. The highest BCUT2D eigenvalue weighted by Gasteiger charge is 2.01. The van der Waals surface area contributed by atoms with Crippen LogP contribution in [0.5, 0.6) is 0 Å². The molecule has 0 bridgehead atoms. The van der Waals surface area contributed by atoms with Gasteiger partial charge in [-0.05, 0) is 24.6 Å². The number of rotatable bonds is 4. The summed E-state index contributed by atoms with van der Waals surface area (Å²) in [7, 11) is 0.